The molecule has 0 saturated heterocycles. The summed E-state index contributed by atoms with van der Waals surface area (Å²) in [7, 11) is 1.60. The highest BCUT2D eigenvalue weighted by Crippen LogP contribution is 2.21. The second kappa shape index (κ2) is 11.7. The molecule has 0 unspecified atom stereocenters. The minimum Gasteiger partial charge on any atom is -0.383 e. The van der Waals surface area contributed by atoms with Crippen LogP contribution in [0.3, 0.4) is 0 Å². The van der Waals surface area contributed by atoms with Gasteiger partial charge in [-0.25, -0.2) is 9.78 Å². The summed E-state index contributed by atoms with van der Waals surface area (Å²) < 4.78 is 5.16. The number of aryl methyl sites for hydroxylation is 2. The number of benzene rings is 1. The van der Waals surface area contributed by atoms with Gasteiger partial charge in [-0.2, -0.15) is 0 Å². The molecule has 0 bridgehead atoms. The van der Waals surface area contributed by atoms with Crippen LogP contribution in [-0.2, 0) is 11.3 Å². The van der Waals surface area contributed by atoms with E-state index in [9.17, 15) is 9.59 Å². The molecule has 2 aromatic rings. The maximum atomic E-state index is 12.9. The van der Waals surface area contributed by atoms with E-state index in [1.807, 2.05) is 32.0 Å². The average molecular weight is 433 g/mol. The summed E-state index contributed by atoms with van der Waals surface area (Å²) in [6.07, 6.45) is 0.923. The average Bonchev–Trinajstić information content (AvgIpc) is 3.16. The van der Waals surface area contributed by atoms with Gasteiger partial charge in [0.15, 0.2) is 0 Å². The van der Waals surface area contributed by atoms with Crippen LogP contribution in [0, 0.1) is 19.8 Å². The van der Waals surface area contributed by atoms with Crippen molar-refractivity contribution in [3.8, 4) is 0 Å². The predicted octanol–water partition coefficient (Wildman–Crippen LogP) is 4.22. The second-order valence-corrected chi connectivity index (χ2v) is 8.62. The zero-order valence-electron chi connectivity index (χ0n) is 18.4. The number of urea groups is 1. The zero-order valence-corrected chi connectivity index (χ0v) is 19.3. The largest absolute Gasteiger partial charge is 0.383 e. The molecule has 2 N–H and O–H groups in total. The fraction of sp³-hybridized carbons (Fsp3) is 0.500. The quantitative estimate of drug-likeness (QED) is 0.589. The molecule has 0 aliphatic rings. The number of para-hydroxylation sites is 1. The van der Waals surface area contributed by atoms with Gasteiger partial charge in [0.05, 0.1) is 13.2 Å². The molecule has 3 amide bonds. The van der Waals surface area contributed by atoms with E-state index < -0.39 is 0 Å². The molecular weight excluding hydrogens is 400 g/mol. The highest BCUT2D eigenvalue weighted by molar-refractivity contribution is 7.09. The first kappa shape index (κ1) is 23.8. The normalized spacial score (nSPS) is 10.9. The van der Waals surface area contributed by atoms with Gasteiger partial charge in [0, 0.05) is 31.3 Å². The Balaban J connectivity index is 2.05. The summed E-state index contributed by atoms with van der Waals surface area (Å²) >= 11 is 1.38. The van der Waals surface area contributed by atoms with Crippen LogP contribution >= 0.6 is 11.3 Å². The summed E-state index contributed by atoms with van der Waals surface area (Å²) in [6, 6.07) is 5.68. The Hall–Kier alpha value is -2.45. The summed E-state index contributed by atoms with van der Waals surface area (Å²) in [5.74, 6) is 0.350. The van der Waals surface area contributed by atoms with E-state index >= 15 is 0 Å². The third kappa shape index (κ3) is 7.11. The topological polar surface area (TPSA) is 83.6 Å². The fourth-order valence-corrected chi connectivity index (χ4v) is 3.66. The van der Waals surface area contributed by atoms with Crippen molar-refractivity contribution in [3.05, 3.63) is 45.4 Å². The smallest absolute Gasteiger partial charge is 0.322 e. The maximum Gasteiger partial charge on any atom is 0.322 e. The van der Waals surface area contributed by atoms with E-state index in [1.54, 1.807) is 17.4 Å². The molecule has 1 aromatic heterocycles. The van der Waals surface area contributed by atoms with Crippen LogP contribution in [0.25, 0.3) is 0 Å². The van der Waals surface area contributed by atoms with Gasteiger partial charge in [-0.1, -0.05) is 32.0 Å². The Morgan fingerprint density at radius 1 is 1.23 bits per heavy atom. The lowest BCUT2D eigenvalue weighted by Crippen LogP contribution is -2.37. The van der Waals surface area contributed by atoms with Gasteiger partial charge in [0.2, 0.25) is 0 Å². The number of thiazole rings is 1. The van der Waals surface area contributed by atoms with E-state index in [2.05, 4.69) is 29.5 Å². The number of ether oxygens (including phenoxy) is 1. The second-order valence-electron chi connectivity index (χ2n) is 7.68. The molecule has 164 valence electrons. The van der Waals surface area contributed by atoms with Crippen LogP contribution in [0.4, 0.5) is 10.5 Å². The van der Waals surface area contributed by atoms with E-state index in [1.165, 1.54) is 11.3 Å². The number of carbonyl (C=O) groups is 2. The molecule has 0 spiro atoms. The third-order valence-electron chi connectivity index (χ3n) is 4.68. The van der Waals surface area contributed by atoms with Crippen molar-refractivity contribution in [2.24, 2.45) is 5.92 Å². The molecule has 2 rings (SSSR count). The SMILES string of the molecule is COCCN(Cc1nc(C(=O)NCCC(C)C)cs1)C(=O)Nc1c(C)cccc1C. The minimum atomic E-state index is -0.220. The molecule has 1 heterocycles. The Morgan fingerprint density at radius 3 is 2.57 bits per heavy atom. The van der Waals surface area contributed by atoms with E-state index in [-0.39, 0.29) is 11.9 Å². The van der Waals surface area contributed by atoms with Crippen LogP contribution in [0.2, 0.25) is 0 Å². The molecule has 0 saturated carbocycles. The van der Waals surface area contributed by atoms with E-state index in [0.29, 0.717) is 42.9 Å². The Bertz CT molecular complexity index is 830. The van der Waals surface area contributed by atoms with Gasteiger partial charge < -0.3 is 20.3 Å². The molecule has 0 atom stereocenters. The van der Waals surface area contributed by atoms with Crippen LogP contribution in [-0.4, -0.2) is 48.6 Å². The van der Waals surface area contributed by atoms with Gasteiger partial charge in [-0.05, 0) is 37.3 Å². The summed E-state index contributed by atoms with van der Waals surface area (Å²) in [6.45, 7) is 9.93. The van der Waals surface area contributed by atoms with E-state index in [4.69, 9.17) is 4.74 Å². The Labute approximate surface area is 182 Å². The number of methoxy groups -OCH3 is 1. The Kier molecular flexibility index (Phi) is 9.26. The molecule has 7 nitrogen and oxygen atoms in total. The van der Waals surface area contributed by atoms with Crippen LogP contribution in [0.15, 0.2) is 23.6 Å². The van der Waals surface area contributed by atoms with Gasteiger partial charge in [0.25, 0.3) is 5.91 Å². The summed E-state index contributed by atoms with van der Waals surface area (Å²) in [4.78, 5) is 31.3. The van der Waals surface area contributed by atoms with Crippen molar-refractivity contribution >= 4 is 29.0 Å². The Morgan fingerprint density at radius 2 is 1.93 bits per heavy atom. The monoisotopic (exact) mass is 432 g/mol. The van der Waals surface area contributed by atoms with Gasteiger partial charge in [-0.15, -0.1) is 11.3 Å². The number of rotatable bonds is 10. The number of aromatic nitrogens is 1. The molecule has 1 aromatic carbocycles. The number of nitrogens with one attached hydrogen (secondary N) is 2. The highest BCUT2D eigenvalue weighted by Gasteiger charge is 2.19. The van der Waals surface area contributed by atoms with Crippen molar-refractivity contribution in [1.29, 1.82) is 0 Å². The van der Waals surface area contributed by atoms with Crippen molar-refractivity contribution in [1.82, 2.24) is 15.2 Å². The molecular formula is C22H32N4O3S. The first-order chi connectivity index (χ1) is 14.3. The first-order valence-corrected chi connectivity index (χ1v) is 11.0. The number of anilines is 1. The van der Waals surface area contributed by atoms with E-state index in [0.717, 1.165) is 23.2 Å². The van der Waals surface area contributed by atoms with Gasteiger partial charge in [-0.3, -0.25) is 4.79 Å². The van der Waals surface area contributed by atoms with Crippen molar-refractivity contribution in [2.75, 3.05) is 32.1 Å². The molecule has 0 radical (unpaired) electrons. The third-order valence-corrected chi connectivity index (χ3v) is 5.52. The van der Waals surface area contributed by atoms with Crippen LogP contribution in [0.5, 0.6) is 0 Å². The lowest BCUT2D eigenvalue weighted by atomic mass is 10.1. The fourth-order valence-electron chi connectivity index (χ4n) is 2.87. The molecule has 8 heteroatoms. The van der Waals surface area contributed by atoms with Crippen molar-refractivity contribution in [3.63, 3.8) is 0 Å². The lowest BCUT2D eigenvalue weighted by molar-refractivity contribution is 0.0947. The highest BCUT2D eigenvalue weighted by atomic mass is 32.1. The van der Waals surface area contributed by atoms with Gasteiger partial charge in [0.1, 0.15) is 10.7 Å². The molecule has 0 fully saturated rings. The number of nitrogens with zero attached hydrogens (tertiary/aromatic N) is 2. The summed E-state index contributed by atoms with van der Waals surface area (Å²) in [5.41, 5.74) is 3.21. The van der Waals surface area contributed by atoms with Crippen LogP contribution < -0.4 is 10.6 Å². The first-order valence-electron chi connectivity index (χ1n) is 10.2. The zero-order chi connectivity index (χ0) is 22.1. The predicted molar refractivity (Wildman–Crippen MR) is 121 cm³/mol. The summed E-state index contributed by atoms with van der Waals surface area (Å²) in [5, 5.41) is 8.34. The van der Waals surface area contributed by atoms with Crippen LogP contribution in [0.1, 0.15) is 46.9 Å². The van der Waals surface area contributed by atoms with Gasteiger partial charge >= 0.3 is 6.03 Å². The number of hydrogen-bond acceptors (Lipinski definition) is 5. The number of hydrogen-bond donors (Lipinski definition) is 2. The lowest BCUT2D eigenvalue weighted by Gasteiger charge is -2.23. The molecule has 30 heavy (non-hydrogen) atoms. The molecule has 0 aliphatic carbocycles. The maximum absolute atomic E-state index is 12.9. The number of amides is 3. The minimum absolute atomic E-state index is 0.179. The van der Waals surface area contributed by atoms with Crippen molar-refractivity contribution < 1.29 is 14.3 Å². The van der Waals surface area contributed by atoms with Crippen molar-refractivity contribution in [2.45, 2.75) is 40.7 Å². The molecule has 0 aliphatic heterocycles. The number of carbonyl (C=O) groups excluding carboxylic acids is 2. The standard InChI is InChI=1S/C22H32N4O3S/c1-15(2)9-10-23-21(27)18-14-30-19(24-18)13-26(11-12-29-5)22(28)25-20-16(3)7-6-8-17(20)4/h6-8,14-15H,9-13H2,1-5H3,(H,23,27)(H,25,28).